The van der Waals surface area contributed by atoms with E-state index in [0.717, 1.165) is 22.6 Å². The second kappa shape index (κ2) is 5.31. The van der Waals surface area contributed by atoms with Crippen molar-refractivity contribution in [2.75, 3.05) is 0 Å². The summed E-state index contributed by atoms with van der Waals surface area (Å²) in [6, 6.07) is 3.83. The minimum Gasteiger partial charge on any atom is -0.442 e. The first-order valence-electron chi connectivity index (χ1n) is 4.72. The molecule has 0 aliphatic carbocycles. The third-order valence-electron chi connectivity index (χ3n) is 2.23. The number of thiazole rings is 1. The maximum Gasteiger partial charge on any atom is 0.0798 e. The Balaban J connectivity index is 0.00000108. The molecule has 0 unspecified atom stereocenters. The average molecular weight is 419 g/mol. The molecule has 0 aliphatic heterocycles. The van der Waals surface area contributed by atoms with Crippen LogP contribution in [0.3, 0.4) is 0 Å². The quantitative estimate of drug-likeness (QED) is 0.639. The maximum absolute atomic E-state index is 4.27. The molecule has 4 nitrogen and oxygen atoms in total. The van der Waals surface area contributed by atoms with Crippen molar-refractivity contribution >= 4 is 11.3 Å². The first kappa shape index (κ1) is 12.1. The Morgan fingerprint density at radius 2 is 1.94 bits per heavy atom. The third-order valence-corrected chi connectivity index (χ3v) is 2.81. The molecule has 0 amide bonds. The molecule has 1 radical (unpaired) electrons. The van der Waals surface area contributed by atoms with E-state index >= 15 is 0 Å². The number of rotatable bonds is 2. The molecule has 17 heavy (non-hydrogen) atoms. The Morgan fingerprint density at radius 3 is 2.65 bits per heavy atom. The van der Waals surface area contributed by atoms with Gasteiger partial charge in [0, 0.05) is 37.9 Å². The van der Waals surface area contributed by atoms with Crippen molar-refractivity contribution in [3.8, 4) is 22.6 Å². The van der Waals surface area contributed by atoms with Gasteiger partial charge in [-0.15, -0.1) is 11.3 Å². The first-order valence-corrected chi connectivity index (χ1v) is 5.66. The second-order valence-electron chi connectivity index (χ2n) is 3.18. The predicted molar refractivity (Wildman–Crippen MR) is 61.9 cm³/mol. The van der Waals surface area contributed by atoms with Gasteiger partial charge >= 0.3 is 0 Å². The largest absolute Gasteiger partial charge is 0.442 e. The molecule has 0 fully saturated rings. The zero-order valence-corrected chi connectivity index (χ0v) is 11.8. The van der Waals surface area contributed by atoms with Crippen molar-refractivity contribution in [3.63, 3.8) is 0 Å². The molecule has 0 aromatic carbocycles. The zero-order valence-electron chi connectivity index (χ0n) is 8.57. The van der Waals surface area contributed by atoms with Gasteiger partial charge in [-0.1, -0.05) is 6.33 Å². The minimum atomic E-state index is 0. The summed E-state index contributed by atoms with van der Waals surface area (Å²) in [6.45, 7) is 0. The van der Waals surface area contributed by atoms with Crippen LogP contribution in [-0.2, 0) is 20.1 Å². The summed E-state index contributed by atoms with van der Waals surface area (Å²) in [6.07, 6.45) is 5.05. The molecule has 0 aliphatic rings. The van der Waals surface area contributed by atoms with Crippen LogP contribution in [0.2, 0.25) is 0 Å². The first-order chi connectivity index (χ1) is 7.95. The summed E-state index contributed by atoms with van der Waals surface area (Å²) in [7, 11) is 0. The number of hydrogen-bond donors (Lipinski definition) is 0. The molecule has 0 N–H and O–H groups in total. The molecule has 87 valence electrons. The number of imidazole rings is 1. The van der Waals surface area contributed by atoms with Crippen LogP contribution < -0.4 is 4.98 Å². The van der Waals surface area contributed by atoms with Crippen molar-refractivity contribution in [3.05, 3.63) is 41.7 Å². The predicted octanol–water partition coefficient (Wildman–Crippen LogP) is 2.22. The molecule has 3 aromatic rings. The van der Waals surface area contributed by atoms with E-state index in [1.165, 1.54) is 0 Å². The molecule has 0 atom stereocenters. The van der Waals surface area contributed by atoms with Crippen LogP contribution in [0.1, 0.15) is 0 Å². The molecule has 0 spiro atoms. The van der Waals surface area contributed by atoms with E-state index in [1.54, 1.807) is 35.6 Å². The number of aromatic nitrogens is 4. The van der Waals surface area contributed by atoms with Crippen LogP contribution in [0.4, 0.5) is 0 Å². The summed E-state index contributed by atoms with van der Waals surface area (Å²) in [5.41, 5.74) is 5.35. The third kappa shape index (κ3) is 2.34. The molecular formula is C11H7IrN4S-. The van der Waals surface area contributed by atoms with Gasteiger partial charge in [0.15, 0.2) is 0 Å². The van der Waals surface area contributed by atoms with Crippen LogP contribution in [0, 0.1) is 0 Å². The van der Waals surface area contributed by atoms with E-state index in [-0.39, 0.29) is 20.1 Å². The van der Waals surface area contributed by atoms with Gasteiger partial charge in [-0.2, -0.15) is 0 Å². The summed E-state index contributed by atoms with van der Waals surface area (Å²) >= 11 is 1.55. The van der Waals surface area contributed by atoms with Crippen LogP contribution in [-0.4, -0.2) is 15.0 Å². The van der Waals surface area contributed by atoms with Crippen LogP contribution >= 0.6 is 11.3 Å². The monoisotopic (exact) mass is 420 g/mol. The minimum absolute atomic E-state index is 0. The van der Waals surface area contributed by atoms with Gasteiger partial charge in [-0.05, 0) is 29.1 Å². The van der Waals surface area contributed by atoms with Crippen molar-refractivity contribution in [2.24, 2.45) is 0 Å². The van der Waals surface area contributed by atoms with Crippen molar-refractivity contribution < 1.29 is 20.1 Å². The Bertz CT molecular complexity index is 577. The molecule has 6 heteroatoms. The van der Waals surface area contributed by atoms with Crippen molar-refractivity contribution in [1.82, 2.24) is 19.9 Å². The number of nitrogens with zero attached hydrogens (tertiary/aromatic N) is 4. The summed E-state index contributed by atoms with van der Waals surface area (Å²) in [4.78, 5) is 16.7. The van der Waals surface area contributed by atoms with Gasteiger partial charge in [0.05, 0.1) is 11.2 Å². The van der Waals surface area contributed by atoms with E-state index in [1.807, 2.05) is 17.5 Å². The van der Waals surface area contributed by atoms with Gasteiger partial charge in [0.2, 0.25) is 0 Å². The zero-order chi connectivity index (χ0) is 10.8. The van der Waals surface area contributed by atoms with E-state index < -0.39 is 0 Å². The van der Waals surface area contributed by atoms with Gasteiger partial charge in [-0.3, -0.25) is 4.98 Å². The number of hydrogen-bond acceptors (Lipinski definition) is 4. The Kier molecular flexibility index (Phi) is 3.78. The standard InChI is InChI=1S/C11H7N4S.Ir/c1-3-12-4-2-8(1)10-11(14-6-13-10)9-5-16-7-15-9;/h1-7H;/q-1;. The van der Waals surface area contributed by atoms with Crippen molar-refractivity contribution in [2.45, 2.75) is 0 Å². The maximum atomic E-state index is 4.27. The topological polar surface area (TPSA) is 52.8 Å². The van der Waals surface area contributed by atoms with Crippen LogP contribution in [0.15, 0.2) is 41.7 Å². The van der Waals surface area contributed by atoms with Gasteiger partial charge in [-0.25, -0.2) is 4.98 Å². The van der Waals surface area contributed by atoms with E-state index in [2.05, 4.69) is 19.9 Å². The van der Waals surface area contributed by atoms with Gasteiger partial charge in [0.1, 0.15) is 0 Å². The molecule has 0 bridgehead atoms. The van der Waals surface area contributed by atoms with E-state index in [9.17, 15) is 0 Å². The molecule has 0 saturated heterocycles. The second-order valence-corrected chi connectivity index (χ2v) is 3.90. The van der Waals surface area contributed by atoms with E-state index in [0.29, 0.717) is 0 Å². The SMILES string of the molecule is [Ir].c1cc(-c2nc[n-]c2-c2cscn2)ccn1. The fraction of sp³-hybridized carbons (Fsp3) is 0. The Labute approximate surface area is 116 Å². The fourth-order valence-corrected chi connectivity index (χ4v) is 2.04. The fourth-order valence-electron chi connectivity index (χ4n) is 1.50. The number of pyridine rings is 1. The molecule has 3 rings (SSSR count). The molecule has 0 saturated carbocycles. The average Bonchev–Trinajstić information content (AvgIpc) is 3.01. The smallest absolute Gasteiger partial charge is 0.0798 e. The molecule has 3 heterocycles. The normalized spacial score (nSPS) is 9.88. The molecule has 3 aromatic heterocycles. The molecular weight excluding hydrogens is 412 g/mol. The summed E-state index contributed by atoms with van der Waals surface area (Å²) in [5.74, 6) is 0. The summed E-state index contributed by atoms with van der Waals surface area (Å²) < 4.78 is 0. The Morgan fingerprint density at radius 1 is 1.12 bits per heavy atom. The van der Waals surface area contributed by atoms with Crippen LogP contribution in [0.5, 0.6) is 0 Å². The van der Waals surface area contributed by atoms with E-state index in [4.69, 9.17) is 0 Å². The van der Waals surface area contributed by atoms with Gasteiger partial charge in [0.25, 0.3) is 0 Å². The van der Waals surface area contributed by atoms with Gasteiger partial charge < -0.3 is 9.97 Å². The summed E-state index contributed by atoms with van der Waals surface area (Å²) in [5, 5.41) is 1.97. The van der Waals surface area contributed by atoms with Crippen molar-refractivity contribution in [1.29, 1.82) is 0 Å². The van der Waals surface area contributed by atoms with Crippen LogP contribution in [0.25, 0.3) is 22.6 Å². The Hall–Kier alpha value is -1.36.